The van der Waals surface area contributed by atoms with Gasteiger partial charge in [0, 0.05) is 11.8 Å². The van der Waals surface area contributed by atoms with Crippen molar-refractivity contribution in [1.29, 1.82) is 0 Å². The standard InChI is InChI=1S/C18H25N5O4/c1-2-3-4-7-13(11-23(27)12-24)17(25)21-22-18(26)15-10-19-20-16-9-6-5-8-14(15)16/h5-6,8-10,12-13,19-20,27H,2-4,7,11H2,1H3,(H,21,25)(H,22,26)/t13-/m1/s1. The molecular formula is C18H25N5O4. The van der Waals surface area contributed by atoms with E-state index in [0.717, 1.165) is 24.9 Å². The molecule has 1 heterocycles. The van der Waals surface area contributed by atoms with Gasteiger partial charge in [-0.15, -0.1) is 0 Å². The number of hydroxylamine groups is 2. The second kappa shape index (κ2) is 10.2. The maximum atomic E-state index is 12.4. The number of benzene rings is 1. The van der Waals surface area contributed by atoms with E-state index < -0.39 is 17.7 Å². The smallest absolute Gasteiger partial charge is 0.271 e. The summed E-state index contributed by atoms with van der Waals surface area (Å²) in [6, 6.07) is 7.26. The van der Waals surface area contributed by atoms with E-state index in [0.29, 0.717) is 22.6 Å². The summed E-state index contributed by atoms with van der Waals surface area (Å²) in [7, 11) is 0. The first-order valence-electron chi connectivity index (χ1n) is 8.89. The summed E-state index contributed by atoms with van der Waals surface area (Å²) in [5.41, 5.74) is 12.3. The molecule has 0 saturated carbocycles. The molecule has 2 rings (SSSR count). The molecule has 0 fully saturated rings. The SMILES string of the molecule is CCCCC[C@H](CN(O)C=O)C(=O)NNC(=O)C1=CNNc2ccccc21. The third-order valence-electron chi connectivity index (χ3n) is 4.24. The van der Waals surface area contributed by atoms with Crippen LogP contribution in [0, 0.1) is 5.92 Å². The number of fused-ring (bicyclic) bond motifs is 1. The van der Waals surface area contributed by atoms with Crippen LogP contribution >= 0.6 is 0 Å². The Balaban J connectivity index is 1.96. The number of hydrazine groups is 2. The van der Waals surface area contributed by atoms with Crippen molar-refractivity contribution in [3.63, 3.8) is 0 Å². The number of nitrogens with zero attached hydrogens (tertiary/aromatic N) is 1. The Bertz CT molecular complexity index is 707. The summed E-state index contributed by atoms with van der Waals surface area (Å²) in [5, 5.41) is 9.84. The van der Waals surface area contributed by atoms with Crippen LogP contribution in [0.1, 0.15) is 38.2 Å². The van der Waals surface area contributed by atoms with Crippen molar-refractivity contribution in [2.45, 2.75) is 32.6 Å². The maximum absolute atomic E-state index is 12.4. The van der Waals surface area contributed by atoms with E-state index in [4.69, 9.17) is 0 Å². The van der Waals surface area contributed by atoms with Crippen LogP contribution in [0.2, 0.25) is 0 Å². The Morgan fingerprint density at radius 3 is 2.78 bits per heavy atom. The number of nitrogens with one attached hydrogen (secondary N) is 4. The highest BCUT2D eigenvalue weighted by molar-refractivity contribution is 6.21. The average molecular weight is 375 g/mol. The van der Waals surface area contributed by atoms with Crippen LogP contribution in [-0.2, 0) is 14.4 Å². The topological polar surface area (TPSA) is 123 Å². The largest absolute Gasteiger partial charge is 0.307 e. The molecule has 1 aromatic carbocycles. The second-order valence-corrected chi connectivity index (χ2v) is 6.24. The first-order chi connectivity index (χ1) is 13.1. The van der Waals surface area contributed by atoms with E-state index >= 15 is 0 Å². The van der Waals surface area contributed by atoms with Crippen molar-refractivity contribution in [3.05, 3.63) is 36.0 Å². The predicted octanol–water partition coefficient (Wildman–Crippen LogP) is 1.15. The molecule has 0 bridgehead atoms. The highest BCUT2D eigenvalue weighted by Gasteiger charge is 2.23. The van der Waals surface area contributed by atoms with Crippen molar-refractivity contribution < 1.29 is 19.6 Å². The summed E-state index contributed by atoms with van der Waals surface area (Å²) in [5.74, 6) is -1.57. The van der Waals surface area contributed by atoms with Gasteiger partial charge in [-0.3, -0.25) is 30.4 Å². The molecule has 146 valence electrons. The fourth-order valence-electron chi connectivity index (χ4n) is 2.78. The first kappa shape index (κ1) is 20.2. The molecule has 1 aliphatic rings. The van der Waals surface area contributed by atoms with Gasteiger partial charge in [0.25, 0.3) is 5.91 Å². The van der Waals surface area contributed by atoms with Crippen LogP contribution in [0.5, 0.6) is 0 Å². The molecule has 5 N–H and O–H groups in total. The number of anilines is 1. The molecule has 27 heavy (non-hydrogen) atoms. The lowest BCUT2D eigenvalue weighted by Crippen LogP contribution is -2.47. The minimum absolute atomic E-state index is 0.133. The van der Waals surface area contributed by atoms with Crippen molar-refractivity contribution >= 4 is 29.5 Å². The molecule has 9 heteroatoms. The van der Waals surface area contributed by atoms with Gasteiger partial charge in [0.15, 0.2) is 0 Å². The van der Waals surface area contributed by atoms with Gasteiger partial charge in [0.2, 0.25) is 12.3 Å². The van der Waals surface area contributed by atoms with Gasteiger partial charge in [-0.2, -0.15) is 0 Å². The molecular weight excluding hydrogens is 350 g/mol. The normalized spacial score (nSPS) is 13.2. The summed E-state index contributed by atoms with van der Waals surface area (Å²) in [6.45, 7) is 1.91. The van der Waals surface area contributed by atoms with E-state index in [-0.39, 0.29) is 13.0 Å². The van der Waals surface area contributed by atoms with Crippen molar-refractivity contribution in [2.75, 3.05) is 12.0 Å². The van der Waals surface area contributed by atoms with E-state index in [1.807, 2.05) is 25.1 Å². The van der Waals surface area contributed by atoms with Gasteiger partial charge < -0.3 is 10.9 Å². The zero-order chi connectivity index (χ0) is 19.6. The fourth-order valence-corrected chi connectivity index (χ4v) is 2.78. The Labute approximate surface area is 157 Å². The molecule has 0 spiro atoms. The minimum atomic E-state index is -0.625. The summed E-state index contributed by atoms with van der Waals surface area (Å²) in [4.78, 5) is 35.5. The van der Waals surface area contributed by atoms with Crippen LogP contribution in [0.15, 0.2) is 30.5 Å². The minimum Gasteiger partial charge on any atom is -0.307 e. The van der Waals surface area contributed by atoms with Crippen LogP contribution in [-0.4, -0.2) is 35.0 Å². The number of amides is 3. The first-order valence-corrected chi connectivity index (χ1v) is 8.89. The Hall–Kier alpha value is -3.07. The van der Waals surface area contributed by atoms with Gasteiger partial charge >= 0.3 is 0 Å². The Morgan fingerprint density at radius 1 is 1.26 bits per heavy atom. The predicted molar refractivity (Wildman–Crippen MR) is 99.7 cm³/mol. The third-order valence-corrected chi connectivity index (χ3v) is 4.24. The molecule has 0 saturated heterocycles. The van der Waals surface area contributed by atoms with E-state index in [9.17, 15) is 19.6 Å². The molecule has 9 nitrogen and oxygen atoms in total. The number of carbonyl (C=O) groups is 3. The van der Waals surface area contributed by atoms with Crippen molar-refractivity contribution in [3.8, 4) is 0 Å². The number of para-hydroxylation sites is 1. The van der Waals surface area contributed by atoms with E-state index in [1.54, 1.807) is 6.07 Å². The molecule has 0 unspecified atom stereocenters. The van der Waals surface area contributed by atoms with Crippen molar-refractivity contribution in [1.82, 2.24) is 21.3 Å². The molecule has 0 radical (unpaired) electrons. The summed E-state index contributed by atoms with van der Waals surface area (Å²) < 4.78 is 0. The van der Waals surface area contributed by atoms with Gasteiger partial charge in [0.05, 0.1) is 23.7 Å². The van der Waals surface area contributed by atoms with Crippen LogP contribution in [0.4, 0.5) is 5.69 Å². The molecule has 0 aliphatic carbocycles. The van der Waals surface area contributed by atoms with Gasteiger partial charge in [-0.1, -0.05) is 44.4 Å². The molecule has 3 amide bonds. The van der Waals surface area contributed by atoms with Gasteiger partial charge in [-0.05, 0) is 12.5 Å². The lowest BCUT2D eigenvalue weighted by Gasteiger charge is -2.22. The maximum Gasteiger partial charge on any atom is 0.271 e. The quantitative estimate of drug-likeness (QED) is 0.191. The number of unbranched alkanes of at least 4 members (excludes halogenated alkanes) is 2. The summed E-state index contributed by atoms with van der Waals surface area (Å²) in [6.07, 6.45) is 4.95. The molecule has 0 aromatic heterocycles. The number of hydrogen-bond acceptors (Lipinski definition) is 6. The van der Waals surface area contributed by atoms with Crippen LogP contribution in [0.25, 0.3) is 5.57 Å². The van der Waals surface area contributed by atoms with Crippen LogP contribution in [0.3, 0.4) is 0 Å². The average Bonchev–Trinajstić information content (AvgIpc) is 2.70. The van der Waals surface area contributed by atoms with Crippen molar-refractivity contribution in [2.24, 2.45) is 5.92 Å². The zero-order valence-electron chi connectivity index (χ0n) is 15.2. The zero-order valence-corrected chi connectivity index (χ0v) is 15.2. The highest BCUT2D eigenvalue weighted by atomic mass is 16.5. The lowest BCUT2D eigenvalue weighted by molar-refractivity contribution is -0.155. The van der Waals surface area contributed by atoms with Crippen LogP contribution < -0.4 is 21.7 Å². The van der Waals surface area contributed by atoms with Gasteiger partial charge in [0.1, 0.15) is 0 Å². The van der Waals surface area contributed by atoms with E-state index in [1.165, 1.54) is 6.20 Å². The second-order valence-electron chi connectivity index (χ2n) is 6.24. The number of carbonyl (C=O) groups excluding carboxylic acids is 3. The third kappa shape index (κ3) is 5.71. The summed E-state index contributed by atoms with van der Waals surface area (Å²) >= 11 is 0. The number of rotatable bonds is 9. The molecule has 1 aliphatic heterocycles. The Morgan fingerprint density at radius 2 is 2.04 bits per heavy atom. The Kier molecular flexibility index (Phi) is 7.63. The fraction of sp³-hybridized carbons (Fsp3) is 0.389. The van der Waals surface area contributed by atoms with E-state index in [2.05, 4.69) is 21.7 Å². The molecule has 1 atom stereocenters. The highest BCUT2D eigenvalue weighted by Crippen LogP contribution is 2.25. The van der Waals surface area contributed by atoms with Gasteiger partial charge in [-0.25, -0.2) is 5.06 Å². The molecule has 1 aromatic rings. The number of hydrogen-bond donors (Lipinski definition) is 5. The monoisotopic (exact) mass is 375 g/mol. The lowest BCUT2D eigenvalue weighted by atomic mass is 10.0.